The number of hydrogen-bond donors (Lipinski definition) is 2. The number of imide groups is 2. The molecule has 0 bridgehead atoms. The molecule has 0 aromatic heterocycles. The van der Waals surface area contributed by atoms with Crippen molar-refractivity contribution in [3.63, 3.8) is 0 Å². The molecule has 5 heteroatoms. The molecule has 0 atom stereocenters. The third-order valence-electron chi connectivity index (χ3n) is 2.42. The standard InChI is InChI=1S/C11H14N2O3/c1-4-5-11(6-7(2)3)8(14)12-10(16)13-9(11)15/h4H,1-2,5-6H2,3H3,(H2,12,13,14,15,16). The number of rotatable bonds is 4. The zero-order chi connectivity index (χ0) is 12.3. The normalized spacial score (nSPS) is 18.7. The van der Waals surface area contributed by atoms with Gasteiger partial charge in [0.05, 0.1) is 0 Å². The molecule has 4 amide bonds. The van der Waals surface area contributed by atoms with Gasteiger partial charge in [-0.25, -0.2) is 4.79 Å². The van der Waals surface area contributed by atoms with Gasteiger partial charge in [0.2, 0.25) is 11.8 Å². The average molecular weight is 222 g/mol. The van der Waals surface area contributed by atoms with Crippen LogP contribution >= 0.6 is 0 Å². The minimum Gasteiger partial charge on any atom is -0.277 e. The summed E-state index contributed by atoms with van der Waals surface area (Å²) in [5.41, 5.74) is -0.594. The van der Waals surface area contributed by atoms with Crippen molar-refractivity contribution >= 4 is 17.8 Å². The van der Waals surface area contributed by atoms with E-state index in [1.807, 2.05) is 0 Å². The van der Waals surface area contributed by atoms with Crippen LogP contribution < -0.4 is 10.6 Å². The van der Waals surface area contributed by atoms with Crippen LogP contribution in [0, 0.1) is 5.41 Å². The van der Waals surface area contributed by atoms with Gasteiger partial charge in [-0.2, -0.15) is 0 Å². The van der Waals surface area contributed by atoms with E-state index in [9.17, 15) is 14.4 Å². The largest absolute Gasteiger partial charge is 0.328 e. The Morgan fingerprint density at radius 3 is 2.19 bits per heavy atom. The zero-order valence-electron chi connectivity index (χ0n) is 9.13. The summed E-state index contributed by atoms with van der Waals surface area (Å²) in [7, 11) is 0. The molecule has 16 heavy (non-hydrogen) atoms. The Hall–Kier alpha value is -1.91. The van der Waals surface area contributed by atoms with Crippen molar-refractivity contribution < 1.29 is 14.4 Å². The first-order valence-electron chi connectivity index (χ1n) is 4.84. The summed E-state index contributed by atoms with van der Waals surface area (Å²) in [6.45, 7) is 8.93. The first-order valence-corrected chi connectivity index (χ1v) is 4.84. The highest BCUT2D eigenvalue weighted by Gasteiger charge is 2.49. The summed E-state index contributed by atoms with van der Waals surface area (Å²) < 4.78 is 0. The zero-order valence-corrected chi connectivity index (χ0v) is 9.13. The van der Waals surface area contributed by atoms with Gasteiger partial charge in [-0.05, 0) is 19.8 Å². The van der Waals surface area contributed by atoms with Crippen LogP contribution in [0.3, 0.4) is 0 Å². The fourth-order valence-corrected chi connectivity index (χ4v) is 1.76. The van der Waals surface area contributed by atoms with Crippen molar-refractivity contribution in [1.82, 2.24) is 10.6 Å². The molecule has 1 fully saturated rings. The van der Waals surface area contributed by atoms with Crippen LogP contribution in [0.2, 0.25) is 0 Å². The molecule has 0 aliphatic carbocycles. The quantitative estimate of drug-likeness (QED) is 0.547. The first kappa shape index (κ1) is 12.2. The molecule has 0 radical (unpaired) electrons. The predicted octanol–water partition coefficient (Wildman–Crippen LogP) is 0.881. The maximum absolute atomic E-state index is 11.8. The Bertz CT molecular complexity index is 365. The van der Waals surface area contributed by atoms with Crippen LogP contribution in [0.4, 0.5) is 4.79 Å². The molecule has 1 saturated heterocycles. The van der Waals surface area contributed by atoms with Crippen LogP contribution in [-0.2, 0) is 9.59 Å². The number of nitrogens with one attached hydrogen (secondary N) is 2. The number of allylic oxidation sites excluding steroid dienone is 2. The lowest BCUT2D eigenvalue weighted by molar-refractivity contribution is -0.144. The van der Waals surface area contributed by atoms with Gasteiger partial charge in [0, 0.05) is 0 Å². The van der Waals surface area contributed by atoms with Crippen molar-refractivity contribution in [3.05, 3.63) is 24.8 Å². The lowest BCUT2D eigenvalue weighted by Gasteiger charge is -2.33. The van der Waals surface area contributed by atoms with E-state index in [-0.39, 0.29) is 12.8 Å². The fourth-order valence-electron chi connectivity index (χ4n) is 1.76. The smallest absolute Gasteiger partial charge is 0.277 e. The summed E-state index contributed by atoms with van der Waals surface area (Å²) in [6.07, 6.45) is 1.85. The molecule has 0 aromatic rings. The van der Waals surface area contributed by atoms with Crippen molar-refractivity contribution in [2.24, 2.45) is 5.41 Å². The number of urea groups is 1. The molecule has 5 nitrogen and oxygen atoms in total. The maximum Gasteiger partial charge on any atom is 0.328 e. The third kappa shape index (κ3) is 2.03. The summed E-state index contributed by atoms with van der Waals surface area (Å²) in [5.74, 6) is -1.19. The second-order valence-electron chi connectivity index (χ2n) is 3.95. The van der Waals surface area contributed by atoms with E-state index in [0.29, 0.717) is 5.57 Å². The van der Waals surface area contributed by atoms with Crippen LogP contribution in [0.15, 0.2) is 24.8 Å². The SMILES string of the molecule is C=CCC1(CC(=C)C)C(=O)NC(=O)NC1=O. The van der Waals surface area contributed by atoms with E-state index < -0.39 is 23.3 Å². The van der Waals surface area contributed by atoms with Crippen LogP contribution in [0.5, 0.6) is 0 Å². The molecule has 1 aliphatic rings. The minimum absolute atomic E-state index is 0.171. The van der Waals surface area contributed by atoms with Gasteiger partial charge >= 0.3 is 6.03 Å². The molecular weight excluding hydrogens is 208 g/mol. The van der Waals surface area contributed by atoms with Crippen molar-refractivity contribution in [3.8, 4) is 0 Å². The van der Waals surface area contributed by atoms with Crippen LogP contribution in [0.25, 0.3) is 0 Å². The van der Waals surface area contributed by atoms with Crippen LogP contribution in [0.1, 0.15) is 19.8 Å². The molecule has 1 rings (SSSR count). The van der Waals surface area contributed by atoms with Crippen molar-refractivity contribution in [1.29, 1.82) is 0 Å². The Morgan fingerprint density at radius 2 is 1.81 bits per heavy atom. The molecule has 0 saturated carbocycles. The average Bonchev–Trinajstić information content (AvgIpc) is 2.13. The topological polar surface area (TPSA) is 75.3 Å². The van der Waals surface area contributed by atoms with E-state index >= 15 is 0 Å². The Labute approximate surface area is 93.6 Å². The second kappa shape index (κ2) is 4.30. The van der Waals surface area contributed by atoms with Gasteiger partial charge in [0.25, 0.3) is 0 Å². The summed E-state index contributed by atoms with van der Waals surface area (Å²) in [6, 6.07) is -0.781. The van der Waals surface area contributed by atoms with E-state index in [1.165, 1.54) is 6.08 Å². The summed E-state index contributed by atoms with van der Waals surface area (Å²) in [4.78, 5) is 34.5. The van der Waals surface area contributed by atoms with E-state index in [4.69, 9.17) is 0 Å². The van der Waals surface area contributed by atoms with Crippen LogP contribution in [-0.4, -0.2) is 17.8 Å². The van der Waals surface area contributed by atoms with Gasteiger partial charge in [-0.1, -0.05) is 11.6 Å². The van der Waals surface area contributed by atoms with Gasteiger partial charge in [0.1, 0.15) is 5.41 Å². The molecule has 1 aliphatic heterocycles. The molecule has 0 aromatic carbocycles. The highest BCUT2D eigenvalue weighted by Crippen LogP contribution is 2.32. The van der Waals surface area contributed by atoms with Gasteiger partial charge in [0.15, 0.2) is 0 Å². The third-order valence-corrected chi connectivity index (χ3v) is 2.42. The monoisotopic (exact) mass is 222 g/mol. The highest BCUT2D eigenvalue weighted by molar-refractivity contribution is 6.19. The molecule has 0 unspecified atom stereocenters. The van der Waals surface area contributed by atoms with Gasteiger partial charge in [-0.15, -0.1) is 13.2 Å². The lowest BCUT2D eigenvalue weighted by Crippen LogP contribution is -2.62. The minimum atomic E-state index is -1.29. The Kier molecular flexibility index (Phi) is 3.27. The van der Waals surface area contributed by atoms with E-state index in [2.05, 4.69) is 23.8 Å². The molecule has 0 spiro atoms. The second-order valence-corrected chi connectivity index (χ2v) is 3.95. The van der Waals surface area contributed by atoms with Crippen molar-refractivity contribution in [2.45, 2.75) is 19.8 Å². The number of carbonyl (C=O) groups excluding carboxylic acids is 3. The summed E-state index contributed by atoms with van der Waals surface area (Å²) in [5, 5.41) is 4.18. The maximum atomic E-state index is 11.8. The van der Waals surface area contributed by atoms with E-state index in [1.54, 1.807) is 6.92 Å². The van der Waals surface area contributed by atoms with E-state index in [0.717, 1.165) is 0 Å². The Morgan fingerprint density at radius 1 is 1.31 bits per heavy atom. The molecule has 86 valence electrons. The number of amides is 4. The first-order chi connectivity index (χ1) is 7.42. The Balaban J connectivity index is 3.10. The van der Waals surface area contributed by atoms with Gasteiger partial charge in [-0.3, -0.25) is 20.2 Å². The number of carbonyl (C=O) groups is 3. The number of barbiturate groups is 1. The molecule has 2 N–H and O–H groups in total. The molecule has 1 heterocycles. The summed E-state index contributed by atoms with van der Waals surface area (Å²) >= 11 is 0. The fraction of sp³-hybridized carbons (Fsp3) is 0.364. The highest BCUT2D eigenvalue weighted by atomic mass is 16.2. The molecular formula is C11H14N2O3. The van der Waals surface area contributed by atoms with Crippen molar-refractivity contribution in [2.75, 3.05) is 0 Å². The predicted molar refractivity (Wildman–Crippen MR) is 58.4 cm³/mol. The number of hydrogen-bond acceptors (Lipinski definition) is 3. The lowest BCUT2D eigenvalue weighted by atomic mass is 9.76. The van der Waals surface area contributed by atoms with Gasteiger partial charge < -0.3 is 0 Å².